The van der Waals surface area contributed by atoms with Gasteiger partial charge in [0, 0.05) is 22.9 Å². The van der Waals surface area contributed by atoms with E-state index in [-0.39, 0.29) is 23.7 Å². The van der Waals surface area contributed by atoms with Gasteiger partial charge in [0.15, 0.2) is 0 Å². The van der Waals surface area contributed by atoms with E-state index in [2.05, 4.69) is 5.32 Å². The second kappa shape index (κ2) is 6.44. The fraction of sp³-hybridized carbons (Fsp3) is 0.429. The van der Waals surface area contributed by atoms with Crippen LogP contribution >= 0.6 is 0 Å². The molecule has 2 heterocycles. The SMILES string of the molecule is CC(C)(C)C(=O)N1CCOc2ccc(NC(=O)[C@H]3C[C@H]3c3ccco3)cc21. The van der Waals surface area contributed by atoms with E-state index in [4.69, 9.17) is 9.15 Å². The molecule has 2 atom stereocenters. The van der Waals surface area contributed by atoms with E-state index in [1.165, 1.54) is 0 Å². The maximum Gasteiger partial charge on any atom is 0.232 e. The van der Waals surface area contributed by atoms with Gasteiger partial charge in [0.05, 0.1) is 18.5 Å². The summed E-state index contributed by atoms with van der Waals surface area (Å²) in [7, 11) is 0. The Hall–Kier alpha value is -2.76. The highest BCUT2D eigenvalue weighted by molar-refractivity contribution is 6.00. The summed E-state index contributed by atoms with van der Waals surface area (Å²) < 4.78 is 11.1. The molecule has 2 aliphatic rings. The Morgan fingerprint density at radius 3 is 2.74 bits per heavy atom. The van der Waals surface area contributed by atoms with Gasteiger partial charge in [0.1, 0.15) is 18.1 Å². The second-order valence-electron chi connectivity index (χ2n) is 8.19. The number of furan rings is 1. The number of rotatable bonds is 3. The summed E-state index contributed by atoms with van der Waals surface area (Å²) in [5.41, 5.74) is 0.886. The summed E-state index contributed by atoms with van der Waals surface area (Å²) >= 11 is 0. The summed E-state index contributed by atoms with van der Waals surface area (Å²) in [6.45, 7) is 6.67. The van der Waals surface area contributed by atoms with Crippen molar-refractivity contribution in [1.29, 1.82) is 0 Å². The first-order chi connectivity index (χ1) is 12.8. The minimum absolute atomic E-state index is 0.0261. The zero-order valence-corrected chi connectivity index (χ0v) is 15.8. The van der Waals surface area contributed by atoms with Crippen LogP contribution in [-0.2, 0) is 9.59 Å². The van der Waals surface area contributed by atoms with Crippen molar-refractivity contribution >= 4 is 23.2 Å². The van der Waals surface area contributed by atoms with Gasteiger partial charge in [-0.2, -0.15) is 0 Å². The Balaban J connectivity index is 1.50. The predicted octanol–water partition coefficient (Wildman–Crippen LogP) is 3.79. The summed E-state index contributed by atoms with van der Waals surface area (Å²) in [6, 6.07) is 9.19. The fourth-order valence-electron chi connectivity index (χ4n) is 3.45. The molecule has 0 saturated heterocycles. The third kappa shape index (κ3) is 3.44. The quantitative estimate of drug-likeness (QED) is 0.895. The molecular weight excluding hydrogens is 344 g/mol. The van der Waals surface area contributed by atoms with Crippen LogP contribution in [0.5, 0.6) is 5.75 Å². The van der Waals surface area contributed by atoms with Crippen molar-refractivity contribution in [2.75, 3.05) is 23.4 Å². The van der Waals surface area contributed by atoms with E-state index < -0.39 is 5.41 Å². The number of hydrogen-bond donors (Lipinski definition) is 1. The molecule has 4 rings (SSSR count). The number of nitrogens with zero attached hydrogens (tertiary/aromatic N) is 1. The molecule has 6 nitrogen and oxygen atoms in total. The molecule has 1 N–H and O–H groups in total. The summed E-state index contributed by atoms with van der Waals surface area (Å²) in [6.07, 6.45) is 2.43. The van der Waals surface area contributed by atoms with Crippen molar-refractivity contribution < 1.29 is 18.7 Å². The molecule has 0 unspecified atom stereocenters. The van der Waals surface area contributed by atoms with Crippen molar-refractivity contribution in [3.05, 3.63) is 42.4 Å². The lowest BCUT2D eigenvalue weighted by molar-refractivity contribution is -0.126. The van der Waals surface area contributed by atoms with Crippen LogP contribution < -0.4 is 15.0 Å². The molecule has 0 spiro atoms. The molecule has 2 amide bonds. The number of anilines is 2. The second-order valence-corrected chi connectivity index (χ2v) is 8.19. The number of fused-ring (bicyclic) bond motifs is 1. The van der Waals surface area contributed by atoms with Crippen molar-refractivity contribution in [1.82, 2.24) is 0 Å². The van der Waals surface area contributed by atoms with Crippen LogP contribution in [-0.4, -0.2) is 25.0 Å². The Morgan fingerprint density at radius 1 is 1.22 bits per heavy atom. The van der Waals surface area contributed by atoms with E-state index in [9.17, 15) is 9.59 Å². The van der Waals surface area contributed by atoms with E-state index in [1.54, 1.807) is 11.2 Å². The maximum absolute atomic E-state index is 12.8. The van der Waals surface area contributed by atoms with E-state index in [1.807, 2.05) is 51.1 Å². The lowest BCUT2D eigenvalue weighted by Crippen LogP contribution is -2.44. The smallest absolute Gasteiger partial charge is 0.232 e. The van der Waals surface area contributed by atoms with Gasteiger partial charge in [-0.3, -0.25) is 9.59 Å². The molecular formula is C21H24N2O4. The Bertz CT molecular complexity index is 867. The standard InChI is InChI=1S/C21H24N2O4/c1-21(2,3)20(25)23-8-10-27-18-7-6-13(11-16(18)23)22-19(24)15-12-14(15)17-5-4-9-26-17/h4-7,9,11,14-15H,8,10,12H2,1-3H3,(H,22,24)/t14-,15+/m1/s1. The highest BCUT2D eigenvalue weighted by Crippen LogP contribution is 2.48. The summed E-state index contributed by atoms with van der Waals surface area (Å²) in [5, 5.41) is 2.97. The molecule has 0 radical (unpaired) electrons. The van der Waals surface area contributed by atoms with Gasteiger partial charge in [-0.05, 0) is 36.8 Å². The van der Waals surface area contributed by atoms with Crippen molar-refractivity contribution in [3.8, 4) is 5.75 Å². The maximum atomic E-state index is 12.8. The molecule has 1 aromatic heterocycles. The first kappa shape index (κ1) is 17.6. The van der Waals surface area contributed by atoms with Crippen molar-refractivity contribution in [3.63, 3.8) is 0 Å². The molecule has 1 aliphatic carbocycles. The lowest BCUT2D eigenvalue weighted by Gasteiger charge is -2.34. The molecule has 1 fully saturated rings. The monoisotopic (exact) mass is 368 g/mol. The molecule has 6 heteroatoms. The van der Waals surface area contributed by atoms with Gasteiger partial charge in [-0.25, -0.2) is 0 Å². The predicted molar refractivity (Wildman–Crippen MR) is 102 cm³/mol. The summed E-state index contributed by atoms with van der Waals surface area (Å²) in [4.78, 5) is 27.1. The largest absolute Gasteiger partial charge is 0.490 e. The third-order valence-electron chi connectivity index (χ3n) is 5.01. The fourth-order valence-corrected chi connectivity index (χ4v) is 3.45. The van der Waals surface area contributed by atoms with Gasteiger partial charge >= 0.3 is 0 Å². The van der Waals surface area contributed by atoms with E-state index >= 15 is 0 Å². The number of nitrogens with one attached hydrogen (secondary N) is 1. The minimum Gasteiger partial charge on any atom is -0.490 e. The number of carbonyl (C=O) groups excluding carboxylic acids is 2. The third-order valence-corrected chi connectivity index (χ3v) is 5.01. The number of hydrogen-bond acceptors (Lipinski definition) is 4. The van der Waals surface area contributed by atoms with Gasteiger partial charge in [-0.1, -0.05) is 20.8 Å². The van der Waals surface area contributed by atoms with Crippen LogP contribution in [0.4, 0.5) is 11.4 Å². The molecule has 1 saturated carbocycles. The van der Waals surface area contributed by atoms with Gasteiger partial charge < -0.3 is 19.4 Å². The van der Waals surface area contributed by atoms with Crippen LogP contribution in [0.2, 0.25) is 0 Å². The minimum atomic E-state index is -0.488. The number of benzene rings is 1. The lowest BCUT2D eigenvalue weighted by atomic mass is 9.94. The van der Waals surface area contributed by atoms with E-state index in [0.29, 0.717) is 30.3 Å². The van der Waals surface area contributed by atoms with Gasteiger partial charge in [-0.15, -0.1) is 0 Å². The van der Waals surface area contributed by atoms with Crippen molar-refractivity contribution in [2.24, 2.45) is 11.3 Å². The number of carbonyl (C=O) groups is 2. The zero-order chi connectivity index (χ0) is 19.2. The summed E-state index contributed by atoms with van der Waals surface area (Å²) in [5.74, 6) is 1.61. The van der Waals surface area contributed by atoms with Gasteiger partial charge in [0.2, 0.25) is 11.8 Å². The van der Waals surface area contributed by atoms with Crippen LogP contribution in [0.3, 0.4) is 0 Å². The first-order valence-electron chi connectivity index (χ1n) is 9.27. The van der Waals surface area contributed by atoms with Gasteiger partial charge in [0.25, 0.3) is 0 Å². The van der Waals surface area contributed by atoms with Crippen LogP contribution in [0, 0.1) is 11.3 Å². The van der Waals surface area contributed by atoms with Crippen LogP contribution in [0.25, 0.3) is 0 Å². The Labute approximate surface area is 158 Å². The average molecular weight is 368 g/mol. The van der Waals surface area contributed by atoms with Crippen LogP contribution in [0.15, 0.2) is 41.0 Å². The molecule has 0 bridgehead atoms. The Kier molecular flexibility index (Phi) is 4.21. The van der Waals surface area contributed by atoms with Crippen LogP contribution in [0.1, 0.15) is 38.9 Å². The Morgan fingerprint density at radius 2 is 2.04 bits per heavy atom. The molecule has 1 aromatic carbocycles. The van der Waals surface area contributed by atoms with E-state index in [0.717, 1.165) is 12.2 Å². The normalized spacial score (nSPS) is 21.2. The topological polar surface area (TPSA) is 71.8 Å². The number of ether oxygens (including phenoxy) is 1. The molecule has 1 aliphatic heterocycles. The molecule has 142 valence electrons. The van der Waals surface area contributed by atoms with Crippen molar-refractivity contribution in [2.45, 2.75) is 33.1 Å². The highest BCUT2D eigenvalue weighted by Gasteiger charge is 2.46. The number of amides is 2. The first-order valence-corrected chi connectivity index (χ1v) is 9.27. The molecule has 2 aromatic rings. The zero-order valence-electron chi connectivity index (χ0n) is 15.8. The highest BCUT2D eigenvalue weighted by atomic mass is 16.5. The average Bonchev–Trinajstić information content (AvgIpc) is 3.25. The molecule has 27 heavy (non-hydrogen) atoms.